The minimum absolute atomic E-state index is 0.136. The molecule has 1 N–H and O–H groups in total. The summed E-state index contributed by atoms with van der Waals surface area (Å²) < 4.78 is 13.6. The molecule has 2 aromatic rings. The third kappa shape index (κ3) is 4.32. The highest BCUT2D eigenvalue weighted by Gasteiger charge is 2.07. The van der Waals surface area contributed by atoms with Gasteiger partial charge in [0.25, 0.3) is 5.91 Å². The Labute approximate surface area is 145 Å². The molecule has 6 heteroatoms. The number of halogens is 2. The van der Waals surface area contributed by atoms with E-state index in [1.54, 1.807) is 18.2 Å². The molecule has 0 heterocycles. The summed E-state index contributed by atoms with van der Waals surface area (Å²) in [5.74, 6) is -0.867. The van der Waals surface area contributed by atoms with Gasteiger partial charge in [0.05, 0.1) is 11.2 Å². The number of nitrogens with zero attached hydrogens (tertiary/aromatic N) is 2. The van der Waals surface area contributed by atoms with E-state index < -0.39 is 5.82 Å². The third-order valence-corrected chi connectivity index (χ3v) is 3.95. The number of hydrogen-bond donors (Lipinski definition) is 1. The van der Waals surface area contributed by atoms with Crippen LogP contribution in [0.5, 0.6) is 0 Å². The Bertz CT molecular complexity index is 707. The second kappa shape index (κ2) is 8.45. The van der Waals surface area contributed by atoms with Gasteiger partial charge in [-0.05, 0) is 50.2 Å². The van der Waals surface area contributed by atoms with Crippen LogP contribution < -0.4 is 10.3 Å². The van der Waals surface area contributed by atoms with Gasteiger partial charge in [-0.2, -0.15) is 5.10 Å². The molecule has 2 aromatic carbocycles. The summed E-state index contributed by atoms with van der Waals surface area (Å²) in [6.07, 6.45) is 1.19. The normalized spacial score (nSPS) is 10.8. The molecule has 0 aliphatic rings. The van der Waals surface area contributed by atoms with E-state index in [2.05, 4.69) is 29.3 Å². The fraction of sp³-hybridized carbons (Fsp3) is 0.222. The first kappa shape index (κ1) is 17.9. The minimum Gasteiger partial charge on any atom is -0.372 e. The predicted octanol–water partition coefficient (Wildman–Crippen LogP) is 4.09. The van der Waals surface area contributed by atoms with Crippen LogP contribution in [-0.4, -0.2) is 25.2 Å². The maximum Gasteiger partial charge on any atom is 0.271 e. The van der Waals surface area contributed by atoms with Crippen molar-refractivity contribution in [2.45, 2.75) is 13.8 Å². The van der Waals surface area contributed by atoms with E-state index in [9.17, 15) is 9.18 Å². The highest BCUT2D eigenvalue weighted by Crippen LogP contribution is 2.17. The lowest BCUT2D eigenvalue weighted by atomic mass is 10.2. The Hall–Kier alpha value is -2.40. The molecule has 126 valence electrons. The Balaban J connectivity index is 2.04. The summed E-state index contributed by atoms with van der Waals surface area (Å²) in [7, 11) is 0. The van der Waals surface area contributed by atoms with Crippen LogP contribution in [0.4, 0.5) is 10.1 Å². The van der Waals surface area contributed by atoms with Gasteiger partial charge in [-0.15, -0.1) is 0 Å². The molecule has 0 spiro atoms. The van der Waals surface area contributed by atoms with Crippen LogP contribution in [0.25, 0.3) is 0 Å². The van der Waals surface area contributed by atoms with E-state index in [1.807, 2.05) is 12.1 Å². The molecule has 0 aromatic heterocycles. The lowest BCUT2D eigenvalue weighted by molar-refractivity contribution is 0.0955. The van der Waals surface area contributed by atoms with Gasteiger partial charge in [0, 0.05) is 29.9 Å². The summed E-state index contributed by atoms with van der Waals surface area (Å²) in [4.78, 5) is 14.2. The van der Waals surface area contributed by atoms with E-state index in [0.29, 0.717) is 5.56 Å². The van der Waals surface area contributed by atoms with Crippen molar-refractivity contribution in [3.05, 3.63) is 64.4 Å². The number of hydrogen-bond acceptors (Lipinski definition) is 3. The Kier molecular flexibility index (Phi) is 6.32. The van der Waals surface area contributed by atoms with Gasteiger partial charge in [0.2, 0.25) is 0 Å². The van der Waals surface area contributed by atoms with Crippen molar-refractivity contribution in [1.29, 1.82) is 0 Å². The van der Waals surface area contributed by atoms with E-state index in [0.717, 1.165) is 18.8 Å². The molecule has 24 heavy (non-hydrogen) atoms. The molecule has 0 fully saturated rings. The van der Waals surface area contributed by atoms with Gasteiger partial charge in [-0.25, -0.2) is 9.82 Å². The number of carbonyl (C=O) groups excluding carboxylic acids is 1. The smallest absolute Gasteiger partial charge is 0.271 e. The summed E-state index contributed by atoms with van der Waals surface area (Å²) in [5.41, 5.74) is 4.03. The molecular formula is C18H19ClFN3O. The van der Waals surface area contributed by atoms with Crippen LogP contribution >= 0.6 is 11.6 Å². The molecule has 4 nitrogen and oxygen atoms in total. The lowest BCUT2D eigenvalue weighted by Gasteiger charge is -2.20. The summed E-state index contributed by atoms with van der Waals surface area (Å²) >= 11 is 5.89. The Morgan fingerprint density at radius 3 is 2.46 bits per heavy atom. The maximum absolute atomic E-state index is 13.6. The largest absolute Gasteiger partial charge is 0.372 e. The van der Waals surface area contributed by atoms with Gasteiger partial charge < -0.3 is 4.90 Å². The molecule has 0 atom stereocenters. The second-order valence-electron chi connectivity index (χ2n) is 5.05. The first-order chi connectivity index (χ1) is 11.6. The van der Waals surface area contributed by atoms with E-state index in [4.69, 9.17) is 11.6 Å². The average molecular weight is 348 g/mol. The van der Waals surface area contributed by atoms with Gasteiger partial charge in [-0.3, -0.25) is 4.79 Å². The van der Waals surface area contributed by atoms with Crippen LogP contribution in [-0.2, 0) is 0 Å². The predicted molar refractivity (Wildman–Crippen MR) is 96.5 cm³/mol. The SMILES string of the molecule is CCN(CC)c1ccc(C(=O)N/N=C\c2c(F)cccc2Cl)cc1. The van der Waals surface area contributed by atoms with Crippen molar-refractivity contribution in [1.82, 2.24) is 5.43 Å². The van der Waals surface area contributed by atoms with Crippen molar-refractivity contribution < 1.29 is 9.18 Å². The van der Waals surface area contributed by atoms with Gasteiger partial charge in [-0.1, -0.05) is 17.7 Å². The molecule has 0 aliphatic carbocycles. The number of rotatable bonds is 6. The van der Waals surface area contributed by atoms with E-state index in [-0.39, 0.29) is 16.5 Å². The molecule has 0 saturated heterocycles. The fourth-order valence-corrected chi connectivity index (χ4v) is 2.48. The minimum atomic E-state index is -0.496. The van der Waals surface area contributed by atoms with E-state index >= 15 is 0 Å². The Morgan fingerprint density at radius 2 is 1.88 bits per heavy atom. The zero-order chi connectivity index (χ0) is 17.5. The van der Waals surface area contributed by atoms with Crippen molar-refractivity contribution in [2.75, 3.05) is 18.0 Å². The molecule has 0 radical (unpaired) electrons. The Morgan fingerprint density at radius 1 is 1.21 bits per heavy atom. The second-order valence-corrected chi connectivity index (χ2v) is 5.46. The molecule has 0 bridgehead atoms. The highest BCUT2D eigenvalue weighted by atomic mass is 35.5. The number of carbonyl (C=O) groups is 1. The number of nitrogens with one attached hydrogen (secondary N) is 1. The molecule has 0 aliphatic heterocycles. The van der Waals surface area contributed by atoms with Gasteiger partial charge >= 0.3 is 0 Å². The van der Waals surface area contributed by atoms with Crippen LogP contribution in [0.2, 0.25) is 5.02 Å². The third-order valence-electron chi connectivity index (χ3n) is 3.62. The average Bonchev–Trinajstić information content (AvgIpc) is 2.59. The van der Waals surface area contributed by atoms with Crippen molar-refractivity contribution in [3.63, 3.8) is 0 Å². The summed E-state index contributed by atoms with van der Waals surface area (Å²) in [6.45, 7) is 5.95. The zero-order valence-electron chi connectivity index (χ0n) is 13.6. The van der Waals surface area contributed by atoms with Crippen LogP contribution in [0.1, 0.15) is 29.8 Å². The molecule has 2 rings (SSSR count). The standard InChI is InChI=1S/C18H19ClFN3O/c1-3-23(4-2)14-10-8-13(9-11-14)18(24)22-21-12-15-16(19)6-5-7-17(15)20/h5-12H,3-4H2,1-2H3,(H,22,24)/b21-12-. The van der Waals surface area contributed by atoms with Crippen molar-refractivity contribution in [2.24, 2.45) is 5.10 Å². The fourth-order valence-electron chi connectivity index (χ4n) is 2.27. The van der Waals surface area contributed by atoms with Crippen molar-refractivity contribution in [3.8, 4) is 0 Å². The number of anilines is 1. The van der Waals surface area contributed by atoms with Crippen LogP contribution in [0.3, 0.4) is 0 Å². The lowest BCUT2D eigenvalue weighted by Crippen LogP contribution is -2.22. The van der Waals surface area contributed by atoms with Gasteiger partial charge in [0.1, 0.15) is 5.82 Å². The molecular weight excluding hydrogens is 329 g/mol. The molecule has 0 unspecified atom stereocenters. The summed E-state index contributed by atoms with van der Waals surface area (Å²) in [5, 5.41) is 4.00. The summed E-state index contributed by atoms with van der Waals surface area (Å²) in [6, 6.07) is 11.6. The van der Waals surface area contributed by atoms with Crippen LogP contribution in [0, 0.1) is 5.82 Å². The maximum atomic E-state index is 13.6. The van der Waals surface area contributed by atoms with E-state index in [1.165, 1.54) is 18.3 Å². The topological polar surface area (TPSA) is 44.7 Å². The first-order valence-corrected chi connectivity index (χ1v) is 8.07. The zero-order valence-corrected chi connectivity index (χ0v) is 14.3. The number of hydrazone groups is 1. The monoisotopic (exact) mass is 347 g/mol. The van der Waals surface area contributed by atoms with Crippen LogP contribution in [0.15, 0.2) is 47.6 Å². The van der Waals surface area contributed by atoms with Gasteiger partial charge in [0.15, 0.2) is 0 Å². The molecule has 0 saturated carbocycles. The quantitative estimate of drug-likeness (QED) is 0.632. The molecule has 1 amide bonds. The number of amides is 1. The highest BCUT2D eigenvalue weighted by molar-refractivity contribution is 6.33. The van der Waals surface area contributed by atoms with Crippen molar-refractivity contribution >= 4 is 29.4 Å². The number of benzene rings is 2. The first-order valence-electron chi connectivity index (χ1n) is 7.69.